The zero-order valence-corrected chi connectivity index (χ0v) is 15.4. The lowest BCUT2D eigenvalue weighted by Gasteiger charge is -2.42. The van der Waals surface area contributed by atoms with Crippen LogP contribution in [0.1, 0.15) is 61.3 Å². The summed E-state index contributed by atoms with van der Waals surface area (Å²) in [6.45, 7) is 2.13. The van der Waals surface area contributed by atoms with Gasteiger partial charge in [-0.3, -0.25) is 0 Å². The normalized spacial score (nSPS) is 25.3. The summed E-state index contributed by atoms with van der Waals surface area (Å²) in [5, 5.41) is 7.38. The van der Waals surface area contributed by atoms with Crippen molar-refractivity contribution < 1.29 is 4.74 Å². The van der Waals surface area contributed by atoms with Gasteiger partial charge in [-0.1, -0.05) is 67.3 Å². The van der Waals surface area contributed by atoms with Crippen molar-refractivity contribution in [3.63, 3.8) is 0 Å². The van der Waals surface area contributed by atoms with Crippen molar-refractivity contribution in [2.24, 2.45) is 11.0 Å². The Kier molecular flexibility index (Phi) is 3.96. The van der Waals surface area contributed by atoms with Crippen molar-refractivity contribution in [2.45, 2.75) is 57.7 Å². The van der Waals surface area contributed by atoms with Crippen molar-refractivity contribution in [1.82, 2.24) is 5.01 Å². The molecule has 0 bridgehead atoms. The van der Waals surface area contributed by atoms with Gasteiger partial charge in [0.05, 0.1) is 11.8 Å². The average Bonchev–Trinajstić information content (AvgIpc) is 3.14. The quantitative estimate of drug-likeness (QED) is 0.723. The Hall–Kier alpha value is -2.29. The highest BCUT2D eigenvalue weighted by molar-refractivity contribution is 6.02. The largest absolute Gasteiger partial charge is 0.468 e. The van der Waals surface area contributed by atoms with Crippen LogP contribution in [0, 0.1) is 12.8 Å². The van der Waals surface area contributed by atoms with Gasteiger partial charge in [0.2, 0.25) is 0 Å². The SMILES string of the molecule is Cc1ccc(C2=NN3[C@H](C2)c2ccccc2O[C@@H]3C2CCCCC2)cc1. The molecular weight excluding hydrogens is 320 g/mol. The number of aryl methyl sites for hydroxylation is 1. The van der Waals surface area contributed by atoms with Crippen molar-refractivity contribution in [1.29, 1.82) is 0 Å². The van der Waals surface area contributed by atoms with E-state index in [1.54, 1.807) is 0 Å². The number of benzene rings is 2. The van der Waals surface area contributed by atoms with E-state index in [2.05, 4.69) is 60.5 Å². The predicted octanol–water partition coefficient (Wildman–Crippen LogP) is 5.44. The Balaban J connectivity index is 1.52. The van der Waals surface area contributed by atoms with Crippen LogP contribution in [0.2, 0.25) is 0 Å². The molecule has 0 saturated heterocycles. The molecule has 2 heterocycles. The zero-order chi connectivity index (χ0) is 17.5. The highest BCUT2D eigenvalue weighted by atomic mass is 16.5. The molecule has 1 aliphatic carbocycles. The number of hydrogen-bond acceptors (Lipinski definition) is 3. The van der Waals surface area contributed by atoms with Crippen LogP contribution in [0.15, 0.2) is 53.6 Å². The minimum absolute atomic E-state index is 0.0816. The summed E-state index contributed by atoms with van der Waals surface area (Å²) < 4.78 is 6.51. The molecule has 2 atom stereocenters. The zero-order valence-electron chi connectivity index (χ0n) is 15.4. The van der Waals surface area contributed by atoms with Crippen LogP contribution in [-0.2, 0) is 0 Å². The van der Waals surface area contributed by atoms with Gasteiger partial charge >= 0.3 is 0 Å². The van der Waals surface area contributed by atoms with Crippen LogP contribution in [0.5, 0.6) is 5.75 Å². The Morgan fingerprint density at radius 2 is 1.73 bits per heavy atom. The van der Waals surface area contributed by atoms with Gasteiger partial charge in [0, 0.05) is 17.9 Å². The summed E-state index contributed by atoms with van der Waals surface area (Å²) in [5.74, 6) is 1.64. The number of nitrogens with zero attached hydrogens (tertiary/aromatic N) is 2. The van der Waals surface area contributed by atoms with E-state index in [0.717, 1.165) is 12.2 Å². The smallest absolute Gasteiger partial charge is 0.190 e. The van der Waals surface area contributed by atoms with Crippen LogP contribution in [0.25, 0.3) is 0 Å². The third-order valence-corrected chi connectivity index (χ3v) is 6.17. The molecule has 3 aliphatic rings. The third kappa shape index (κ3) is 2.70. The lowest BCUT2D eigenvalue weighted by Crippen LogP contribution is -2.45. The van der Waals surface area contributed by atoms with Crippen LogP contribution >= 0.6 is 0 Å². The molecular formula is C23H26N2O. The number of fused-ring (bicyclic) bond motifs is 3. The summed E-state index contributed by atoms with van der Waals surface area (Å²) in [4.78, 5) is 0. The van der Waals surface area contributed by atoms with Crippen LogP contribution in [0.3, 0.4) is 0 Å². The fraction of sp³-hybridized carbons (Fsp3) is 0.435. The minimum atomic E-state index is 0.0816. The van der Waals surface area contributed by atoms with Crippen molar-refractivity contribution >= 4 is 5.71 Å². The van der Waals surface area contributed by atoms with Gasteiger partial charge in [0.1, 0.15) is 5.75 Å². The van der Waals surface area contributed by atoms with Crippen LogP contribution in [-0.4, -0.2) is 16.9 Å². The molecule has 0 N–H and O–H groups in total. The first-order valence-electron chi connectivity index (χ1n) is 9.98. The molecule has 2 aromatic carbocycles. The average molecular weight is 346 g/mol. The maximum absolute atomic E-state index is 6.51. The first kappa shape index (κ1) is 15.9. The van der Waals surface area contributed by atoms with Gasteiger partial charge in [0.25, 0.3) is 0 Å². The van der Waals surface area contributed by atoms with Crippen molar-refractivity contribution in [3.05, 3.63) is 65.2 Å². The molecule has 3 nitrogen and oxygen atoms in total. The van der Waals surface area contributed by atoms with E-state index < -0.39 is 0 Å². The van der Waals surface area contributed by atoms with E-state index in [-0.39, 0.29) is 6.23 Å². The number of para-hydroxylation sites is 1. The first-order valence-corrected chi connectivity index (χ1v) is 9.98. The number of ether oxygens (including phenoxy) is 1. The second-order valence-corrected chi connectivity index (χ2v) is 7.96. The second-order valence-electron chi connectivity index (χ2n) is 7.96. The van der Waals surface area contributed by atoms with Gasteiger partial charge in [-0.05, 0) is 31.4 Å². The summed E-state index contributed by atoms with van der Waals surface area (Å²) >= 11 is 0. The first-order chi connectivity index (χ1) is 12.8. The third-order valence-electron chi connectivity index (χ3n) is 6.17. The molecule has 0 aromatic heterocycles. The number of hydrazone groups is 1. The lowest BCUT2D eigenvalue weighted by molar-refractivity contribution is -0.0643. The monoisotopic (exact) mass is 346 g/mol. The van der Waals surface area contributed by atoms with Gasteiger partial charge in [-0.25, -0.2) is 5.01 Å². The van der Waals surface area contributed by atoms with Gasteiger partial charge < -0.3 is 4.74 Å². The van der Waals surface area contributed by atoms with Gasteiger partial charge in [-0.15, -0.1) is 0 Å². The highest BCUT2D eigenvalue weighted by Gasteiger charge is 2.43. The molecule has 3 heteroatoms. The molecule has 0 unspecified atom stereocenters. The second kappa shape index (κ2) is 6.46. The topological polar surface area (TPSA) is 24.8 Å². The van der Waals surface area contributed by atoms with E-state index in [9.17, 15) is 0 Å². The maximum atomic E-state index is 6.51. The fourth-order valence-corrected chi connectivity index (χ4v) is 4.71. The molecule has 0 radical (unpaired) electrons. The van der Waals surface area contributed by atoms with Crippen LogP contribution < -0.4 is 4.74 Å². The molecule has 134 valence electrons. The van der Waals surface area contributed by atoms with Crippen molar-refractivity contribution in [3.8, 4) is 5.75 Å². The Morgan fingerprint density at radius 3 is 2.54 bits per heavy atom. The molecule has 1 saturated carbocycles. The summed E-state index contributed by atoms with van der Waals surface area (Å²) in [6.07, 6.45) is 7.56. The molecule has 0 spiro atoms. The molecule has 5 rings (SSSR count). The van der Waals surface area contributed by atoms with Crippen LogP contribution in [0.4, 0.5) is 0 Å². The van der Waals surface area contributed by atoms with Gasteiger partial charge in [0.15, 0.2) is 6.23 Å². The Morgan fingerprint density at radius 1 is 0.962 bits per heavy atom. The standard InChI is InChI=1S/C23H26N2O/c1-16-11-13-17(14-12-16)20-15-21-19-9-5-6-10-22(19)26-23(25(21)24-20)18-7-3-2-4-8-18/h5-6,9-14,18,21,23H,2-4,7-8,15H2,1H3/t21-,23-/m1/s1. The van der Waals surface area contributed by atoms with Gasteiger partial charge in [-0.2, -0.15) is 5.10 Å². The number of rotatable bonds is 2. The summed E-state index contributed by atoms with van der Waals surface area (Å²) in [7, 11) is 0. The molecule has 1 fully saturated rings. The molecule has 2 aromatic rings. The van der Waals surface area contributed by atoms with Crippen molar-refractivity contribution in [2.75, 3.05) is 0 Å². The predicted molar refractivity (Wildman–Crippen MR) is 104 cm³/mol. The Labute approximate surface area is 155 Å². The highest BCUT2D eigenvalue weighted by Crippen LogP contribution is 2.46. The molecule has 0 amide bonds. The van der Waals surface area contributed by atoms with E-state index in [1.807, 2.05) is 0 Å². The summed E-state index contributed by atoms with van der Waals surface area (Å²) in [5.41, 5.74) is 5.00. The molecule has 26 heavy (non-hydrogen) atoms. The van der Waals surface area contributed by atoms with E-state index in [0.29, 0.717) is 12.0 Å². The van der Waals surface area contributed by atoms with E-state index in [1.165, 1.54) is 54.5 Å². The minimum Gasteiger partial charge on any atom is -0.468 e. The fourth-order valence-electron chi connectivity index (χ4n) is 4.71. The maximum Gasteiger partial charge on any atom is 0.190 e. The lowest BCUT2D eigenvalue weighted by atomic mass is 9.86. The number of hydrogen-bond donors (Lipinski definition) is 0. The molecule has 2 aliphatic heterocycles. The van der Waals surface area contributed by atoms with E-state index >= 15 is 0 Å². The summed E-state index contributed by atoms with van der Waals surface area (Å²) in [6, 6.07) is 17.6. The van der Waals surface area contributed by atoms with E-state index in [4.69, 9.17) is 9.84 Å². The Bertz CT molecular complexity index is 820.